The molecule has 13 heteroatoms. The van der Waals surface area contributed by atoms with Crippen molar-refractivity contribution in [2.24, 2.45) is 0 Å². The maximum absolute atomic E-state index is 11.1. The topological polar surface area (TPSA) is 112 Å². The second-order valence-electron chi connectivity index (χ2n) is 10.9. The predicted molar refractivity (Wildman–Crippen MR) is 159 cm³/mol. The van der Waals surface area contributed by atoms with Crippen LogP contribution in [0.25, 0.3) is 32.5 Å². The molecule has 11 nitrogen and oxygen atoms in total. The maximum atomic E-state index is 11.1. The Morgan fingerprint density at radius 1 is 1.00 bits per heavy atom. The number of thiophene rings is 1. The summed E-state index contributed by atoms with van der Waals surface area (Å²) in [7, 11) is 0. The minimum absolute atomic E-state index is 0.0273. The van der Waals surface area contributed by atoms with E-state index >= 15 is 0 Å². The van der Waals surface area contributed by atoms with Crippen molar-refractivity contribution in [2.75, 3.05) is 69.9 Å². The van der Waals surface area contributed by atoms with Gasteiger partial charge < -0.3 is 18.9 Å². The lowest BCUT2D eigenvalue weighted by atomic mass is 10.1. The van der Waals surface area contributed by atoms with Crippen molar-refractivity contribution >= 4 is 49.4 Å². The summed E-state index contributed by atoms with van der Waals surface area (Å²) in [4.78, 5) is 19.2. The number of fused-ring (bicyclic) bond motifs is 2. The number of morpholine rings is 1. The van der Waals surface area contributed by atoms with Gasteiger partial charge in [-0.25, -0.2) is 14.6 Å². The molecule has 3 aromatic heterocycles. The van der Waals surface area contributed by atoms with Crippen LogP contribution in [0.15, 0.2) is 30.5 Å². The molecule has 0 spiro atoms. The first kappa shape index (κ1) is 27.3. The van der Waals surface area contributed by atoms with Crippen molar-refractivity contribution in [1.29, 1.82) is 0 Å². The Kier molecular flexibility index (Phi) is 7.99. The van der Waals surface area contributed by atoms with Crippen LogP contribution in [0.1, 0.15) is 30.4 Å². The second-order valence-corrected chi connectivity index (χ2v) is 12.9. The van der Waals surface area contributed by atoms with Crippen LogP contribution in [-0.2, 0) is 27.1 Å². The highest BCUT2D eigenvalue weighted by molar-refractivity contribution is 7.79. The van der Waals surface area contributed by atoms with E-state index in [4.69, 9.17) is 24.5 Å². The molecule has 3 saturated heterocycles. The van der Waals surface area contributed by atoms with Gasteiger partial charge in [-0.1, -0.05) is 12.1 Å². The van der Waals surface area contributed by atoms with Crippen molar-refractivity contribution in [2.45, 2.75) is 32.0 Å². The van der Waals surface area contributed by atoms with Crippen LogP contribution >= 0.6 is 11.3 Å². The minimum atomic E-state index is -2.04. The Hall–Kier alpha value is -2.52. The highest BCUT2D eigenvalue weighted by atomic mass is 32.2. The van der Waals surface area contributed by atoms with E-state index in [9.17, 15) is 8.76 Å². The number of nitrogens with zero attached hydrogens (tertiary/aromatic N) is 7. The summed E-state index contributed by atoms with van der Waals surface area (Å²) in [6.45, 7) is 7.73. The molecule has 2 unspecified atom stereocenters. The molecule has 3 aliphatic heterocycles. The number of aromatic nitrogens is 4. The first-order valence-electron chi connectivity index (χ1n) is 14.3. The molecule has 0 radical (unpaired) electrons. The molecule has 3 fully saturated rings. The third-order valence-electron chi connectivity index (χ3n) is 8.13. The van der Waals surface area contributed by atoms with Crippen molar-refractivity contribution in [3.05, 3.63) is 35.3 Å². The smallest absolute Gasteiger partial charge is 0.163 e. The highest BCUT2D eigenvalue weighted by Crippen LogP contribution is 2.36. The number of piperazine rings is 1. The number of hydrogen-bond donors (Lipinski definition) is 0. The van der Waals surface area contributed by atoms with Crippen molar-refractivity contribution in [3.63, 3.8) is 0 Å². The molecule has 7 rings (SSSR count). The Labute approximate surface area is 245 Å². The van der Waals surface area contributed by atoms with Crippen LogP contribution in [0.2, 0.25) is 0 Å². The fourth-order valence-electron chi connectivity index (χ4n) is 5.95. The summed E-state index contributed by atoms with van der Waals surface area (Å²) >= 11 is -0.318. The first-order valence-corrected chi connectivity index (χ1v) is 16.4. The number of rotatable bonds is 7. The van der Waals surface area contributed by atoms with Gasteiger partial charge in [-0.15, -0.1) is 11.3 Å². The van der Waals surface area contributed by atoms with Gasteiger partial charge in [0.05, 0.1) is 30.0 Å². The number of hydrogen-bond acceptors (Lipinski definition) is 11. The first-order chi connectivity index (χ1) is 20.1. The van der Waals surface area contributed by atoms with Crippen molar-refractivity contribution in [1.82, 2.24) is 29.5 Å². The van der Waals surface area contributed by atoms with Gasteiger partial charge in [0, 0.05) is 74.4 Å². The molecule has 0 saturated carbocycles. The summed E-state index contributed by atoms with van der Waals surface area (Å²) in [5.74, 6) is 1.78. The number of anilines is 1. The third kappa shape index (κ3) is 5.89. The van der Waals surface area contributed by atoms with Gasteiger partial charge in [0.15, 0.2) is 5.82 Å². The van der Waals surface area contributed by atoms with Gasteiger partial charge in [-0.2, -0.15) is 5.10 Å². The lowest BCUT2D eigenvalue weighted by Gasteiger charge is -2.34. The molecule has 1 aromatic carbocycles. The molecule has 6 heterocycles. The van der Waals surface area contributed by atoms with Gasteiger partial charge >= 0.3 is 0 Å². The van der Waals surface area contributed by atoms with E-state index in [1.165, 1.54) is 4.88 Å². The molecule has 0 N–H and O–H groups in total. The lowest BCUT2D eigenvalue weighted by molar-refractivity contribution is -0.0390. The molecule has 0 aliphatic carbocycles. The average molecular weight is 597 g/mol. The van der Waals surface area contributed by atoms with Crippen LogP contribution in [-0.4, -0.2) is 103 Å². The molecule has 218 valence electrons. The van der Waals surface area contributed by atoms with Gasteiger partial charge in [0.2, 0.25) is 0 Å². The zero-order valence-electron chi connectivity index (χ0n) is 22.9. The average Bonchev–Trinajstić information content (AvgIpc) is 3.62. The van der Waals surface area contributed by atoms with Gasteiger partial charge in [0.1, 0.15) is 16.9 Å². The second kappa shape index (κ2) is 12.0. The molecule has 2 atom stereocenters. The van der Waals surface area contributed by atoms with Crippen LogP contribution in [0.4, 0.5) is 5.82 Å². The van der Waals surface area contributed by atoms with Gasteiger partial charge in [-0.05, 0) is 42.5 Å². The molecular formula is C28H34N7O4S2-. The Bertz CT molecular complexity index is 1540. The zero-order valence-corrected chi connectivity index (χ0v) is 24.6. The summed E-state index contributed by atoms with van der Waals surface area (Å²) < 4.78 is 35.8. The van der Waals surface area contributed by atoms with Crippen LogP contribution in [0.3, 0.4) is 0 Å². The van der Waals surface area contributed by atoms with E-state index in [1.807, 2.05) is 21.7 Å². The summed E-state index contributed by atoms with van der Waals surface area (Å²) in [6.07, 6.45) is 5.28. The maximum Gasteiger partial charge on any atom is 0.163 e. The van der Waals surface area contributed by atoms with Crippen molar-refractivity contribution in [3.8, 4) is 11.4 Å². The fourth-order valence-corrected chi connectivity index (χ4v) is 7.57. The Morgan fingerprint density at radius 3 is 2.61 bits per heavy atom. The molecule has 0 bridgehead atoms. The van der Waals surface area contributed by atoms with Gasteiger partial charge in [-0.3, -0.25) is 14.0 Å². The van der Waals surface area contributed by atoms with Gasteiger partial charge in [0.25, 0.3) is 0 Å². The highest BCUT2D eigenvalue weighted by Gasteiger charge is 2.24. The summed E-state index contributed by atoms with van der Waals surface area (Å²) in [6, 6.07) is 8.40. The normalized spacial score (nSPS) is 22.1. The Morgan fingerprint density at radius 2 is 1.83 bits per heavy atom. The SMILES string of the molecule is O=S([O-])CN1CCN(Cc2cc3c(N4CCOCC4)nc(-c4cccc5nn(C6CCCCO6)cc45)nc3s2)CC1. The summed E-state index contributed by atoms with van der Waals surface area (Å²) in [5.41, 5.74) is 1.89. The van der Waals surface area contributed by atoms with E-state index in [2.05, 4.69) is 28.1 Å². The van der Waals surface area contributed by atoms with Crippen molar-refractivity contribution < 1.29 is 18.2 Å². The van der Waals surface area contributed by atoms with E-state index in [0.29, 0.717) is 19.0 Å². The lowest BCUT2D eigenvalue weighted by Crippen LogP contribution is -2.46. The van der Waals surface area contributed by atoms with E-state index in [0.717, 1.165) is 104 Å². The van der Waals surface area contributed by atoms with Crippen LogP contribution < -0.4 is 4.90 Å². The minimum Gasteiger partial charge on any atom is -0.771 e. The Balaban J connectivity index is 1.22. The van der Waals surface area contributed by atoms with Crippen LogP contribution in [0, 0.1) is 0 Å². The van der Waals surface area contributed by atoms with E-state index in [-0.39, 0.29) is 12.1 Å². The standard InChI is InChI=1S/C28H35N7O4S2/c36-41(37)19-33-9-7-32(8-10-33)17-20-16-22-27(34-11-14-38-15-12-34)29-26(30-28(22)40-20)21-4-3-5-24-23(21)18-35(31-24)25-6-1-2-13-39-25/h3-5,16,18,25H,1-2,6-15,17,19H2,(H,36,37)/p-1. The monoisotopic (exact) mass is 596 g/mol. The summed E-state index contributed by atoms with van der Waals surface area (Å²) in [5, 5.41) is 6.96. The molecule has 3 aliphatic rings. The van der Waals surface area contributed by atoms with E-state index < -0.39 is 11.1 Å². The third-order valence-corrected chi connectivity index (χ3v) is 9.72. The molecule has 41 heavy (non-hydrogen) atoms. The quantitative estimate of drug-likeness (QED) is 0.295. The molecule has 0 amide bonds. The zero-order chi connectivity index (χ0) is 27.8. The molecular weight excluding hydrogens is 562 g/mol. The number of benzene rings is 1. The molecule has 4 aromatic rings. The fraction of sp³-hybridized carbons (Fsp3) is 0.536. The van der Waals surface area contributed by atoms with Crippen LogP contribution in [0.5, 0.6) is 0 Å². The largest absolute Gasteiger partial charge is 0.771 e. The van der Waals surface area contributed by atoms with E-state index in [1.54, 1.807) is 11.3 Å². The predicted octanol–water partition coefficient (Wildman–Crippen LogP) is 3.20. The number of ether oxygens (including phenoxy) is 2.